The fourth-order valence-electron chi connectivity index (χ4n) is 4.06. The van der Waals surface area contributed by atoms with Crippen LogP contribution in [-0.2, 0) is 4.84 Å². The molecule has 202 valence electrons. The maximum absolute atomic E-state index is 12.7. The highest BCUT2D eigenvalue weighted by Crippen LogP contribution is 2.27. The minimum absolute atomic E-state index is 0.252. The predicted molar refractivity (Wildman–Crippen MR) is 144 cm³/mol. The highest BCUT2D eigenvalue weighted by Gasteiger charge is 2.27. The molecule has 0 aromatic heterocycles. The highest BCUT2D eigenvalue weighted by molar-refractivity contribution is 6.01. The maximum atomic E-state index is 12.7. The van der Waals surface area contributed by atoms with E-state index in [1.807, 2.05) is 6.92 Å². The zero-order chi connectivity index (χ0) is 26.8. The SMILES string of the molecule is C=CC(C/C=C/F)N1O/C=C/C=C(C(=N)CC(O)(CCC)CCCC)\C=C\N=C1CCCCC(O)O. The van der Waals surface area contributed by atoms with Crippen LogP contribution in [0.1, 0.15) is 84.5 Å². The number of halogens is 1. The van der Waals surface area contributed by atoms with E-state index >= 15 is 0 Å². The van der Waals surface area contributed by atoms with Crippen molar-refractivity contribution in [1.82, 2.24) is 5.06 Å². The standard InChI is InChI=1S/C28H44FN3O4/c1-4-7-18-28(35,17-5-2)22-25(30)23-12-11-21-36-32(24(6-3)13-10-19-29)26(31-20-16-23)14-8-9-15-27(33)34/h6,10-12,16,19-21,24,27,30,33-35H,3-5,7-9,13-15,17-18,22H2,1-2H3/b19-10+,20-16+,21-11+,23-12+,30-25?,31-26?. The average molecular weight is 506 g/mol. The molecule has 0 radical (unpaired) electrons. The van der Waals surface area contributed by atoms with Crippen molar-refractivity contribution in [1.29, 1.82) is 5.41 Å². The summed E-state index contributed by atoms with van der Waals surface area (Å²) in [6.45, 7) is 7.96. The van der Waals surface area contributed by atoms with E-state index in [9.17, 15) is 9.50 Å². The van der Waals surface area contributed by atoms with E-state index in [1.165, 1.54) is 12.3 Å². The number of aliphatic hydroxyl groups excluding tert-OH is 1. The second-order valence-electron chi connectivity index (χ2n) is 9.10. The smallest absolute Gasteiger partial charge is 0.151 e. The van der Waals surface area contributed by atoms with Gasteiger partial charge in [0.2, 0.25) is 0 Å². The summed E-state index contributed by atoms with van der Waals surface area (Å²) in [6.07, 6.45) is 17.0. The minimum atomic E-state index is -1.36. The summed E-state index contributed by atoms with van der Waals surface area (Å²) in [5, 5.41) is 39.6. The predicted octanol–water partition coefficient (Wildman–Crippen LogP) is 6.02. The molecular weight excluding hydrogens is 461 g/mol. The lowest BCUT2D eigenvalue weighted by Gasteiger charge is -2.30. The Labute approximate surface area is 215 Å². The van der Waals surface area contributed by atoms with E-state index in [0.717, 1.165) is 19.3 Å². The number of amidine groups is 1. The van der Waals surface area contributed by atoms with Crippen LogP contribution in [0.15, 0.2) is 66.3 Å². The molecule has 1 aliphatic heterocycles. The van der Waals surface area contributed by atoms with Gasteiger partial charge in [0.25, 0.3) is 0 Å². The molecule has 2 atom stereocenters. The van der Waals surface area contributed by atoms with Gasteiger partial charge in [-0.3, -0.25) is 0 Å². The Morgan fingerprint density at radius 1 is 1.25 bits per heavy atom. The van der Waals surface area contributed by atoms with Crippen LogP contribution in [0.3, 0.4) is 0 Å². The maximum Gasteiger partial charge on any atom is 0.151 e. The summed E-state index contributed by atoms with van der Waals surface area (Å²) in [5.74, 6) is 0.568. The number of rotatable bonds is 17. The van der Waals surface area contributed by atoms with E-state index in [1.54, 1.807) is 35.6 Å². The monoisotopic (exact) mass is 505 g/mol. The molecule has 7 nitrogen and oxygen atoms in total. The summed E-state index contributed by atoms with van der Waals surface area (Å²) >= 11 is 0. The number of allylic oxidation sites excluding steroid dienone is 4. The van der Waals surface area contributed by atoms with E-state index < -0.39 is 11.9 Å². The van der Waals surface area contributed by atoms with Gasteiger partial charge in [-0.05, 0) is 62.3 Å². The molecule has 1 heterocycles. The normalized spacial score (nSPS) is 20.1. The van der Waals surface area contributed by atoms with Crippen LogP contribution in [-0.4, -0.2) is 49.9 Å². The van der Waals surface area contributed by atoms with Gasteiger partial charge in [0.1, 0.15) is 12.1 Å². The molecular formula is C28H44FN3O4. The van der Waals surface area contributed by atoms with Gasteiger partial charge in [-0.25, -0.2) is 9.38 Å². The Bertz CT molecular complexity index is 820. The summed E-state index contributed by atoms with van der Waals surface area (Å²) in [6, 6.07) is -0.374. The Balaban J connectivity index is 3.16. The van der Waals surface area contributed by atoms with Gasteiger partial charge >= 0.3 is 0 Å². The summed E-state index contributed by atoms with van der Waals surface area (Å²) in [5.41, 5.74) is 0.0444. The highest BCUT2D eigenvalue weighted by atomic mass is 19.1. The summed E-state index contributed by atoms with van der Waals surface area (Å²) in [7, 11) is 0. The van der Waals surface area contributed by atoms with E-state index in [0.29, 0.717) is 62.0 Å². The largest absolute Gasteiger partial charge is 0.389 e. The Hall–Kier alpha value is -2.55. The lowest BCUT2D eigenvalue weighted by Crippen LogP contribution is -2.38. The quantitative estimate of drug-likeness (QED) is 0.0837. The number of aliphatic imine (C=N–C) groups is 1. The molecule has 0 aromatic carbocycles. The summed E-state index contributed by atoms with van der Waals surface area (Å²) in [4.78, 5) is 10.5. The molecule has 4 N–H and O–H groups in total. The first-order valence-electron chi connectivity index (χ1n) is 12.9. The molecule has 0 bridgehead atoms. The molecule has 1 aliphatic rings. The fourth-order valence-corrected chi connectivity index (χ4v) is 4.06. The van der Waals surface area contributed by atoms with Crippen molar-refractivity contribution >= 4 is 11.5 Å². The number of unbranched alkanes of at least 4 members (excludes halogenated alkanes) is 2. The van der Waals surface area contributed by atoms with Crippen molar-refractivity contribution < 1.29 is 24.5 Å². The van der Waals surface area contributed by atoms with E-state index in [-0.39, 0.29) is 18.9 Å². The molecule has 0 saturated carbocycles. The van der Waals surface area contributed by atoms with Gasteiger partial charge in [-0.15, -0.1) is 6.58 Å². The topological polar surface area (TPSA) is 109 Å². The van der Waals surface area contributed by atoms with Gasteiger partial charge in [-0.1, -0.05) is 45.3 Å². The first-order valence-corrected chi connectivity index (χ1v) is 12.9. The van der Waals surface area contributed by atoms with Crippen molar-refractivity contribution in [2.75, 3.05) is 0 Å². The van der Waals surface area contributed by atoms with Crippen molar-refractivity contribution in [3.63, 3.8) is 0 Å². The van der Waals surface area contributed by atoms with Crippen LogP contribution in [0.2, 0.25) is 0 Å². The number of hydrogen-bond acceptors (Lipinski definition) is 7. The molecule has 0 spiro atoms. The van der Waals surface area contributed by atoms with Gasteiger partial charge in [0.15, 0.2) is 6.29 Å². The number of aliphatic hydroxyl groups is 3. The third-order valence-electron chi connectivity index (χ3n) is 5.98. The zero-order valence-electron chi connectivity index (χ0n) is 21.8. The number of nitrogens with zero attached hydrogens (tertiary/aromatic N) is 2. The van der Waals surface area contributed by atoms with Gasteiger partial charge in [-0.2, -0.15) is 5.06 Å². The van der Waals surface area contributed by atoms with Crippen molar-refractivity contribution in [2.24, 2.45) is 4.99 Å². The molecule has 0 amide bonds. The number of hydrogen-bond donors (Lipinski definition) is 4. The molecule has 0 saturated heterocycles. The second kappa shape index (κ2) is 17.8. The first kappa shape index (κ1) is 31.5. The molecule has 0 aromatic rings. The lowest BCUT2D eigenvalue weighted by atomic mass is 9.85. The van der Waals surface area contributed by atoms with Crippen LogP contribution in [0, 0.1) is 5.41 Å². The molecule has 8 heteroatoms. The summed E-state index contributed by atoms with van der Waals surface area (Å²) < 4.78 is 12.7. The van der Waals surface area contributed by atoms with Crippen LogP contribution in [0.4, 0.5) is 4.39 Å². The van der Waals surface area contributed by atoms with Crippen molar-refractivity contribution in [3.8, 4) is 0 Å². The molecule has 36 heavy (non-hydrogen) atoms. The Morgan fingerprint density at radius 3 is 2.67 bits per heavy atom. The first-order chi connectivity index (χ1) is 17.3. The second-order valence-corrected chi connectivity index (χ2v) is 9.10. The van der Waals surface area contributed by atoms with E-state index in [4.69, 9.17) is 20.5 Å². The Morgan fingerprint density at radius 2 is 2.03 bits per heavy atom. The number of nitrogens with one attached hydrogen (secondary N) is 1. The van der Waals surface area contributed by atoms with Crippen molar-refractivity contribution in [3.05, 3.63) is 61.3 Å². The van der Waals surface area contributed by atoms with Crippen molar-refractivity contribution in [2.45, 2.75) is 102 Å². The fraction of sp³-hybridized carbons (Fsp3) is 0.571. The van der Waals surface area contributed by atoms with Gasteiger partial charge < -0.3 is 25.6 Å². The van der Waals surface area contributed by atoms with Gasteiger partial charge in [0, 0.05) is 24.8 Å². The van der Waals surface area contributed by atoms with Crippen LogP contribution in [0.5, 0.6) is 0 Å². The molecule has 1 rings (SSSR count). The average Bonchev–Trinajstić information content (AvgIpc) is 2.84. The lowest BCUT2D eigenvalue weighted by molar-refractivity contribution is -0.0561. The van der Waals surface area contributed by atoms with Crippen LogP contribution in [0.25, 0.3) is 0 Å². The molecule has 2 unspecified atom stereocenters. The van der Waals surface area contributed by atoms with Crippen LogP contribution < -0.4 is 0 Å². The zero-order valence-corrected chi connectivity index (χ0v) is 21.8. The third kappa shape index (κ3) is 11.9. The minimum Gasteiger partial charge on any atom is -0.389 e. The van der Waals surface area contributed by atoms with E-state index in [2.05, 4.69) is 18.5 Å². The molecule has 0 aliphatic carbocycles. The van der Waals surface area contributed by atoms with Crippen LogP contribution >= 0.6 is 0 Å². The molecule has 0 fully saturated rings. The third-order valence-corrected chi connectivity index (χ3v) is 5.98. The number of hydroxylamine groups is 2. The van der Waals surface area contributed by atoms with Gasteiger partial charge in [0.05, 0.1) is 18.0 Å². The Kier molecular flexibility index (Phi) is 15.6.